The molecule has 0 heterocycles. The van der Waals surface area contributed by atoms with Crippen LogP contribution in [0.2, 0.25) is 0 Å². The third-order valence-corrected chi connectivity index (χ3v) is 9.03. The van der Waals surface area contributed by atoms with Gasteiger partial charge < -0.3 is 5.11 Å². The van der Waals surface area contributed by atoms with Crippen molar-refractivity contribution in [2.75, 3.05) is 6.61 Å². The van der Waals surface area contributed by atoms with E-state index in [1.165, 1.54) is 19.3 Å². The lowest BCUT2D eigenvalue weighted by Gasteiger charge is -2.60. The third kappa shape index (κ3) is 2.19. The van der Waals surface area contributed by atoms with Crippen molar-refractivity contribution in [2.24, 2.45) is 40.4 Å². The average molecular weight is 332 g/mol. The Labute approximate surface area is 145 Å². The van der Waals surface area contributed by atoms with E-state index in [2.05, 4.69) is 13.8 Å². The molecule has 0 saturated heterocycles. The topological polar surface area (TPSA) is 54.4 Å². The maximum Gasteiger partial charge on any atom is 0.161 e. The quantitative estimate of drug-likeness (QED) is 0.837. The number of hydrogen-bond donors (Lipinski definition) is 1. The molecule has 0 aromatic rings. The molecule has 4 rings (SSSR count). The van der Waals surface area contributed by atoms with E-state index < -0.39 is 0 Å². The molecule has 3 unspecified atom stereocenters. The summed E-state index contributed by atoms with van der Waals surface area (Å²) < 4.78 is 0. The molecular weight excluding hydrogens is 300 g/mol. The summed E-state index contributed by atoms with van der Waals surface area (Å²) in [4.78, 5) is 24.2. The molecule has 3 nitrogen and oxygen atoms in total. The van der Waals surface area contributed by atoms with Gasteiger partial charge in [-0.15, -0.1) is 0 Å². The third-order valence-electron chi connectivity index (χ3n) is 9.03. The van der Waals surface area contributed by atoms with Gasteiger partial charge in [-0.2, -0.15) is 0 Å². The molecule has 7 atom stereocenters. The van der Waals surface area contributed by atoms with Crippen LogP contribution in [0.1, 0.15) is 71.6 Å². The maximum atomic E-state index is 12.3. The molecule has 24 heavy (non-hydrogen) atoms. The van der Waals surface area contributed by atoms with E-state index in [1.54, 1.807) is 0 Å². The fourth-order valence-corrected chi connectivity index (χ4v) is 7.68. The van der Waals surface area contributed by atoms with Crippen LogP contribution in [0.25, 0.3) is 0 Å². The minimum atomic E-state index is -0.289. The molecule has 4 aliphatic carbocycles. The van der Waals surface area contributed by atoms with Crippen molar-refractivity contribution in [3.8, 4) is 0 Å². The summed E-state index contributed by atoms with van der Waals surface area (Å²) in [5.41, 5.74) is 0.450. The number of fused-ring (bicyclic) bond motifs is 5. The first kappa shape index (κ1) is 16.8. The Kier molecular flexibility index (Phi) is 3.95. The minimum absolute atomic E-state index is 0.0709. The second kappa shape index (κ2) is 5.65. The van der Waals surface area contributed by atoms with Crippen LogP contribution in [0, 0.1) is 40.4 Å². The SMILES string of the molecule is C[C@]12CCC3C(CC[C@H]4CC(=O)CC[C@]34C)C1CC[C@@H]2C(=O)CO. The van der Waals surface area contributed by atoms with E-state index in [0.29, 0.717) is 23.0 Å². The number of aliphatic hydroxyl groups excluding tert-OH is 1. The number of ketones is 2. The second-order valence-corrected chi connectivity index (χ2v) is 9.70. The maximum absolute atomic E-state index is 12.3. The van der Waals surface area contributed by atoms with Crippen molar-refractivity contribution in [3.63, 3.8) is 0 Å². The van der Waals surface area contributed by atoms with Gasteiger partial charge >= 0.3 is 0 Å². The summed E-state index contributed by atoms with van der Waals surface area (Å²) in [5.74, 6) is 3.34. The fourth-order valence-electron chi connectivity index (χ4n) is 7.68. The van der Waals surface area contributed by atoms with Crippen LogP contribution >= 0.6 is 0 Å². The molecule has 3 heteroatoms. The zero-order valence-corrected chi connectivity index (χ0v) is 15.2. The summed E-state index contributed by atoms with van der Waals surface area (Å²) in [5, 5.41) is 9.37. The van der Waals surface area contributed by atoms with Gasteiger partial charge in [0.05, 0.1) is 0 Å². The normalized spacial score (nSPS) is 50.8. The molecule has 0 aromatic heterocycles. The number of carbonyl (C=O) groups is 2. The lowest BCUT2D eigenvalue weighted by Crippen LogP contribution is -2.54. The van der Waals surface area contributed by atoms with Crippen LogP contribution in [0.5, 0.6) is 0 Å². The van der Waals surface area contributed by atoms with Crippen molar-refractivity contribution in [1.29, 1.82) is 0 Å². The average Bonchev–Trinajstić information content (AvgIpc) is 2.92. The van der Waals surface area contributed by atoms with Gasteiger partial charge in [0.2, 0.25) is 0 Å². The second-order valence-electron chi connectivity index (χ2n) is 9.70. The Morgan fingerprint density at radius 1 is 1.04 bits per heavy atom. The van der Waals surface area contributed by atoms with E-state index in [-0.39, 0.29) is 23.7 Å². The lowest BCUT2D eigenvalue weighted by atomic mass is 9.44. The standard InChI is InChI=1S/C21H32O3/c1-20-9-7-14(23)11-13(20)3-4-15-16-5-6-18(19(24)12-22)21(16,2)10-8-17(15)20/h13,15-18,22H,3-12H2,1-2H3/t13-,15?,16?,17?,18+,20-,21-/m0/s1. The number of rotatable bonds is 2. The van der Waals surface area contributed by atoms with E-state index >= 15 is 0 Å². The largest absolute Gasteiger partial charge is 0.389 e. The van der Waals surface area contributed by atoms with Crippen molar-refractivity contribution in [2.45, 2.75) is 71.6 Å². The van der Waals surface area contributed by atoms with Gasteiger partial charge in [0.25, 0.3) is 0 Å². The molecule has 4 fully saturated rings. The van der Waals surface area contributed by atoms with Gasteiger partial charge in [-0.05, 0) is 79.4 Å². The monoisotopic (exact) mass is 332 g/mol. The highest BCUT2D eigenvalue weighted by molar-refractivity contribution is 5.83. The number of aliphatic hydroxyl groups is 1. The zero-order valence-electron chi connectivity index (χ0n) is 15.2. The summed E-state index contributed by atoms with van der Waals surface area (Å²) in [6.45, 7) is 4.51. The van der Waals surface area contributed by atoms with Crippen LogP contribution in [0.15, 0.2) is 0 Å². The number of Topliss-reactive ketones (excluding diaryl/α,β-unsaturated/α-hetero) is 2. The molecule has 134 valence electrons. The molecule has 0 aliphatic heterocycles. The summed E-state index contributed by atoms with van der Waals surface area (Å²) >= 11 is 0. The Bertz CT molecular complexity index is 555. The Balaban J connectivity index is 1.61. The summed E-state index contributed by atoms with van der Waals surface area (Å²) in [6.07, 6.45) is 9.61. The lowest BCUT2D eigenvalue weighted by molar-refractivity contribution is -0.144. The van der Waals surface area contributed by atoms with Crippen molar-refractivity contribution in [3.05, 3.63) is 0 Å². The van der Waals surface area contributed by atoms with E-state index in [9.17, 15) is 14.7 Å². The van der Waals surface area contributed by atoms with Crippen LogP contribution in [-0.2, 0) is 9.59 Å². The molecule has 0 bridgehead atoms. The van der Waals surface area contributed by atoms with Crippen LogP contribution < -0.4 is 0 Å². The van der Waals surface area contributed by atoms with Crippen LogP contribution in [0.3, 0.4) is 0 Å². The van der Waals surface area contributed by atoms with Gasteiger partial charge in [-0.1, -0.05) is 13.8 Å². The molecule has 0 amide bonds. The van der Waals surface area contributed by atoms with E-state index in [1.807, 2.05) is 0 Å². The Morgan fingerprint density at radius 3 is 2.54 bits per heavy atom. The molecule has 4 aliphatic rings. The molecular formula is C21H32O3. The van der Waals surface area contributed by atoms with Gasteiger partial charge in [0.1, 0.15) is 12.4 Å². The molecule has 0 spiro atoms. The first-order valence-electron chi connectivity index (χ1n) is 10.1. The number of hydrogen-bond acceptors (Lipinski definition) is 3. The van der Waals surface area contributed by atoms with Gasteiger partial charge in [0.15, 0.2) is 5.78 Å². The highest BCUT2D eigenvalue weighted by Gasteiger charge is 2.60. The molecule has 0 radical (unpaired) electrons. The highest BCUT2D eigenvalue weighted by Crippen LogP contribution is 2.67. The van der Waals surface area contributed by atoms with Gasteiger partial charge in [-0.3, -0.25) is 9.59 Å². The number of carbonyl (C=O) groups excluding carboxylic acids is 2. The predicted molar refractivity (Wildman–Crippen MR) is 92.3 cm³/mol. The van der Waals surface area contributed by atoms with Crippen molar-refractivity contribution in [1.82, 2.24) is 0 Å². The molecule has 0 aromatic carbocycles. The van der Waals surface area contributed by atoms with E-state index in [0.717, 1.165) is 50.4 Å². The van der Waals surface area contributed by atoms with Gasteiger partial charge in [0, 0.05) is 18.8 Å². The van der Waals surface area contributed by atoms with Gasteiger partial charge in [-0.25, -0.2) is 0 Å². The predicted octanol–water partition coefficient (Wildman–Crippen LogP) is 3.78. The van der Waals surface area contributed by atoms with E-state index in [4.69, 9.17) is 0 Å². The van der Waals surface area contributed by atoms with Crippen LogP contribution in [0.4, 0.5) is 0 Å². The Hall–Kier alpha value is -0.700. The first-order chi connectivity index (χ1) is 11.4. The fraction of sp³-hybridized carbons (Fsp3) is 0.905. The minimum Gasteiger partial charge on any atom is -0.389 e. The van der Waals surface area contributed by atoms with Crippen LogP contribution in [-0.4, -0.2) is 23.3 Å². The molecule has 4 saturated carbocycles. The first-order valence-corrected chi connectivity index (χ1v) is 10.1. The summed E-state index contributed by atoms with van der Waals surface area (Å²) in [7, 11) is 0. The zero-order chi connectivity index (χ0) is 17.1. The van der Waals surface area contributed by atoms with Crippen molar-refractivity contribution < 1.29 is 14.7 Å². The summed E-state index contributed by atoms with van der Waals surface area (Å²) in [6, 6.07) is 0. The highest BCUT2D eigenvalue weighted by atomic mass is 16.3. The smallest absolute Gasteiger partial charge is 0.161 e. The van der Waals surface area contributed by atoms with Crippen molar-refractivity contribution >= 4 is 11.6 Å². The molecule has 1 N–H and O–H groups in total. The Morgan fingerprint density at radius 2 is 1.79 bits per heavy atom.